The molecule has 214 valence electrons. The Morgan fingerprint density at radius 2 is 1.51 bits per heavy atom. The Kier molecular flexibility index (Phi) is 8.66. The SMILES string of the molecule is CC(ONC(=O)CC1(NC(=O)OCC2c3ccccc3-c3ccccc32)CCN(Cc2ccccc2)CC1)C(=O)O. The zero-order chi connectivity index (χ0) is 28.8. The molecule has 0 spiro atoms. The van der Waals surface area contributed by atoms with Gasteiger partial charge in [-0.1, -0.05) is 78.9 Å². The number of hydrogen-bond donors (Lipinski definition) is 3. The first-order chi connectivity index (χ1) is 19.8. The second-order valence-electron chi connectivity index (χ2n) is 10.8. The van der Waals surface area contributed by atoms with E-state index in [4.69, 9.17) is 14.7 Å². The number of benzene rings is 3. The van der Waals surface area contributed by atoms with Crippen molar-refractivity contribution in [3.63, 3.8) is 0 Å². The van der Waals surface area contributed by atoms with Crippen LogP contribution in [0.2, 0.25) is 0 Å². The van der Waals surface area contributed by atoms with Crippen LogP contribution in [0.1, 0.15) is 48.8 Å². The van der Waals surface area contributed by atoms with Gasteiger partial charge >= 0.3 is 12.1 Å². The Hall–Kier alpha value is -4.21. The number of amides is 2. The number of nitrogens with zero attached hydrogens (tertiary/aromatic N) is 1. The first-order valence-corrected chi connectivity index (χ1v) is 13.9. The Labute approximate surface area is 239 Å². The van der Waals surface area contributed by atoms with E-state index in [1.165, 1.54) is 12.5 Å². The number of aliphatic carboxylic acids is 1. The van der Waals surface area contributed by atoms with Crippen molar-refractivity contribution < 1.29 is 29.1 Å². The first kappa shape index (κ1) is 28.3. The molecule has 0 bridgehead atoms. The molecule has 41 heavy (non-hydrogen) atoms. The van der Waals surface area contributed by atoms with E-state index >= 15 is 0 Å². The summed E-state index contributed by atoms with van der Waals surface area (Å²) in [6, 6.07) is 26.4. The fraction of sp³-hybridized carbons (Fsp3) is 0.344. The summed E-state index contributed by atoms with van der Waals surface area (Å²) in [7, 11) is 0. The van der Waals surface area contributed by atoms with Crippen molar-refractivity contribution >= 4 is 18.0 Å². The fourth-order valence-electron chi connectivity index (χ4n) is 5.73. The van der Waals surface area contributed by atoms with Crippen LogP contribution in [0.15, 0.2) is 78.9 Å². The topological polar surface area (TPSA) is 117 Å². The molecule has 3 aromatic carbocycles. The van der Waals surface area contributed by atoms with Gasteiger partial charge in [-0.15, -0.1) is 0 Å². The summed E-state index contributed by atoms with van der Waals surface area (Å²) in [5.41, 5.74) is 7.09. The summed E-state index contributed by atoms with van der Waals surface area (Å²) in [6.45, 7) is 3.60. The molecule has 1 aliphatic carbocycles. The monoisotopic (exact) mass is 557 g/mol. The van der Waals surface area contributed by atoms with Crippen LogP contribution in [0.3, 0.4) is 0 Å². The Balaban J connectivity index is 1.24. The van der Waals surface area contributed by atoms with Crippen LogP contribution in [0.25, 0.3) is 11.1 Å². The number of hydrogen-bond acceptors (Lipinski definition) is 6. The number of carboxylic acid groups (broad SMARTS) is 1. The van der Waals surface area contributed by atoms with Gasteiger partial charge in [-0.2, -0.15) is 0 Å². The Morgan fingerprint density at radius 1 is 0.927 bits per heavy atom. The predicted molar refractivity (Wildman–Crippen MR) is 153 cm³/mol. The molecule has 1 heterocycles. The molecule has 3 aromatic rings. The molecule has 1 saturated heterocycles. The number of piperidine rings is 1. The molecule has 1 fully saturated rings. The van der Waals surface area contributed by atoms with E-state index in [1.807, 2.05) is 42.5 Å². The number of alkyl carbamates (subject to hydrolysis) is 1. The molecule has 9 heteroatoms. The van der Waals surface area contributed by atoms with Crippen LogP contribution in [0, 0.1) is 0 Å². The van der Waals surface area contributed by atoms with Gasteiger partial charge in [0, 0.05) is 25.6 Å². The van der Waals surface area contributed by atoms with Crippen molar-refractivity contribution in [2.45, 2.75) is 50.3 Å². The molecule has 0 saturated carbocycles. The molecular weight excluding hydrogens is 522 g/mol. The lowest BCUT2D eigenvalue weighted by Gasteiger charge is -2.41. The number of carbonyl (C=O) groups is 3. The van der Waals surface area contributed by atoms with Crippen LogP contribution in [-0.2, 0) is 25.7 Å². The van der Waals surface area contributed by atoms with Gasteiger partial charge in [0.1, 0.15) is 6.61 Å². The van der Waals surface area contributed by atoms with Crippen molar-refractivity contribution in [3.8, 4) is 11.1 Å². The highest BCUT2D eigenvalue weighted by molar-refractivity contribution is 5.80. The highest BCUT2D eigenvalue weighted by Gasteiger charge is 2.39. The lowest BCUT2D eigenvalue weighted by Crippen LogP contribution is -2.57. The summed E-state index contributed by atoms with van der Waals surface area (Å²) < 4.78 is 5.80. The van der Waals surface area contributed by atoms with Gasteiger partial charge in [0.25, 0.3) is 0 Å². The van der Waals surface area contributed by atoms with Crippen molar-refractivity contribution in [2.75, 3.05) is 19.7 Å². The van der Waals surface area contributed by atoms with Crippen LogP contribution in [0.4, 0.5) is 4.79 Å². The summed E-state index contributed by atoms with van der Waals surface area (Å²) in [4.78, 5) is 44.4. The minimum absolute atomic E-state index is 0.0668. The number of carbonyl (C=O) groups excluding carboxylic acids is 2. The molecule has 5 rings (SSSR count). The van der Waals surface area contributed by atoms with Crippen molar-refractivity contribution in [1.82, 2.24) is 15.7 Å². The van der Waals surface area contributed by atoms with Gasteiger partial charge in [0.2, 0.25) is 5.91 Å². The van der Waals surface area contributed by atoms with Gasteiger partial charge in [-0.25, -0.2) is 15.1 Å². The van der Waals surface area contributed by atoms with Crippen LogP contribution in [0.5, 0.6) is 0 Å². The molecule has 1 unspecified atom stereocenters. The smallest absolute Gasteiger partial charge is 0.407 e. The van der Waals surface area contributed by atoms with Crippen LogP contribution < -0.4 is 10.8 Å². The van der Waals surface area contributed by atoms with Gasteiger partial charge in [0.15, 0.2) is 6.10 Å². The molecule has 2 amide bonds. The number of nitrogens with one attached hydrogen (secondary N) is 2. The van der Waals surface area contributed by atoms with Crippen molar-refractivity contribution in [2.24, 2.45) is 0 Å². The predicted octanol–water partition coefficient (Wildman–Crippen LogP) is 4.47. The van der Waals surface area contributed by atoms with E-state index in [9.17, 15) is 14.4 Å². The van der Waals surface area contributed by atoms with Gasteiger partial charge in [0.05, 0.1) is 12.0 Å². The average Bonchev–Trinajstić information content (AvgIpc) is 3.30. The molecule has 0 radical (unpaired) electrons. The summed E-state index contributed by atoms with van der Waals surface area (Å²) in [5, 5.41) is 12.1. The zero-order valence-electron chi connectivity index (χ0n) is 23.0. The number of likely N-dealkylation sites (tertiary alicyclic amines) is 1. The highest BCUT2D eigenvalue weighted by atomic mass is 16.7. The second kappa shape index (κ2) is 12.5. The molecule has 9 nitrogen and oxygen atoms in total. The minimum atomic E-state index is -1.20. The number of hydroxylamine groups is 1. The molecule has 2 aliphatic rings. The third-order valence-electron chi connectivity index (χ3n) is 7.97. The van der Waals surface area contributed by atoms with Crippen molar-refractivity contribution in [3.05, 3.63) is 95.6 Å². The fourth-order valence-corrected chi connectivity index (χ4v) is 5.73. The summed E-state index contributed by atoms with van der Waals surface area (Å²) in [6.07, 6.45) is -0.811. The minimum Gasteiger partial charge on any atom is -0.479 e. The van der Waals surface area contributed by atoms with Gasteiger partial charge in [-0.05, 0) is 47.6 Å². The van der Waals surface area contributed by atoms with Crippen LogP contribution >= 0.6 is 0 Å². The van der Waals surface area contributed by atoms with E-state index in [1.54, 1.807) is 0 Å². The van der Waals surface area contributed by atoms with Crippen molar-refractivity contribution in [1.29, 1.82) is 0 Å². The number of rotatable bonds is 10. The third kappa shape index (κ3) is 6.75. The summed E-state index contributed by atoms with van der Waals surface area (Å²) >= 11 is 0. The maximum absolute atomic E-state index is 13.2. The lowest BCUT2D eigenvalue weighted by atomic mass is 9.84. The first-order valence-electron chi connectivity index (χ1n) is 13.9. The van der Waals surface area contributed by atoms with Gasteiger partial charge in [-0.3, -0.25) is 14.5 Å². The highest BCUT2D eigenvalue weighted by Crippen LogP contribution is 2.44. The third-order valence-corrected chi connectivity index (χ3v) is 7.97. The van der Waals surface area contributed by atoms with E-state index in [0.717, 1.165) is 28.8 Å². The Morgan fingerprint density at radius 3 is 2.12 bits per heavy atom. The molecular formula is C32H35N3O6. The molecule has 0 aromatic heterocycles. The quantitative estimate of drug-likeness (QED) is 0.315. The average molecular weight is 558 g/mol. The maximum atomic E-state index is 13.2. The van der Waals surface area contributed by atoms with Gasteiger partial charge < -0.3 is 15.2 Å². The zero-order valence-corrected chi connectivity index (χ0v) is 23.0. The van der Waals surface area contributed by atoms with E-state index < -0.39 is 29.6 Å². The maximum Gasteiger partial charge on any atom is 0.407 e. The molecule has 1 aliphatic heterocycles. The van der Waals surface area contributed by atoms with E-state index in [2.05, 4.69) is 52.1 Å². The molecule has 3 N–H and O–H groups in total. The largest absolute Gasteiger partial charge is 0.479 e. The lowest BCUT2D eigenvalue weighted by molar-refractivity contribution is -0.159. The number of ether oxygens (including phenoxy) is 1. The second-order valence-corrected chi connectivity index (χ2v) is 10.8. The normalized spacial score (nSPS) is 16.7. The molecule has 1 atom stereocenters. The number of fused-ring (bicyclic) bond motifs is 3. The van der Waals surface area contributed by atoms with Crippen LogP contribution in [-0.4, -0.2) is 59.3 Å². The van der Waals surface area contributed by atoms with E-state index in [0.29, 0.717) is 25.9 Å². The van der Waals surface area contributed by atoms with E-state index in [-0.39, 0.29) is 18.9 Å². The number of carboxylic acids is 1. The Bertz CT molecular complexity index is 1340. The standard InChI is InChI=1S/C32H35N3O6/c1-22(30(37)38)41-34-29(36)19-32(15-17-35(18-16-32)20-23-9-3-2-4-10-23)33-31(39)40-21-28-26-13-7-5-11-24(26)25-12-6-8-14-27(25)28/h2-14,22,28H,15-21H2,1H3,(H,33,39)(H,34,36)(H,37,38). The summed E-state index contributed by atoms with van der Waals surface area (Å²) in [5.74, 6) is -1.77.